The Morgan fingerprint density at radius 3 is 2.21 bits per heavy atom. The molecule has 0 aliphatic heterocycles. The van der Waals surface area contributed by atoms with E-state index in [9.17, 15) is 10.2 Å². The van der Waals surface area contributed by atoms with E-state index in [1.54, 1.807) is 0 Å². The molecule has 0 radical (unpaired) electrons. The van der Waals surface area contributed by atoms with Gasteiger partial charge in [-0.3, -0.25) is 0 Å². The van der Waals surface area contributed by atoms with Gasteiger partial charge in [-0.25, -0.2) is 4.98 Å². The number of aromatic hydroxyl groups is 1. The molecule has 0 unspecified atom stereocenters. The van der Waals surface area contributed by atoms with Crippen molar-refractivity contribution < 1.29 is 10.2 Å². The Morgan fingerprint density at radius 2 is 1.50 bits per heavy atom. The van der Waals surface area contributed by atoms with Gasteiger partial charge in [-0.1, -0.05) is 93.0 Å². The molecule has 0 fully saturated rings. The lowest BCUT2D eigenvalue weighted by molar-refractivity contribution is 0.282. The van der Waals surface area contributed by atoms with Gasteiger partial charge in [0.1, 0.15) is 5.75 Å². The van der Waals surface area contributed by atoms with Crippen molar-refractivity contribution in [3.05, 3.63) is 95.0 Å². The van der Waals surface area contributed by atoms with Crippen LogP contribution in [-0.2, 0) is 12.0 Å². The standard InChI is InChI=1S/C30H26ClNO2/c1-30(2,3)21-15-24(29(34)25(31)16-21)26-14-19-9-5-7-11-23(19)28(32-26)27-20(17-33)13-12-18-8-4-6-10-22(18)27/h4-16,33-34H,17H2,1-3H3. The van der Waals surface area contributed by atoms with Crippen LogP contribution in [0.4, 0.5) is 0 Å². The van der Waals surface area contributed by atoms with Crippen molar-refractivity contribution in [1.82, 2.24) is 4.98 Å². The van der Waals surface area contributed by atoms with Crippen molar-refractivity contribution in [2.45, 2.75) is 32.8 Å². The van der Waals surface area contributed by atoms with Gasteiger partial charge in [0, 0.05) is 16.5 Å². The van der Waals surface area contributed by atoms with Crippen molar-refractivity contribution in [1.29, 1.82) is 0 Å². The smallest absolute Gasteiger partial charge is 0.143 e. The quantitative estimate of drug-likeness (QED) is 0.284. The van der Waals surface area contributed by atoms with Gasteiger partial charge < -0.3 is 10.2 Å². The van der Waals surface area contributed by atoms with E-state index in [0.29, 0.717) is 16.3 Å². The number of phenols is 1. The molecular weight excluding hydrogens is 442 g/mol. The van der Waals surface area contributed by atoms with E-state index in [1.165, 1.54) is 0 Å². The zero-order valence-corrected chi connectivity index (χ0v) is 20.2. The molecule has 1 heterocycles. The lowest BCUT2D eigenvalue weighted by atomic mass is 9.85. The summed E-state index contributed by atoms with van der Waals surface area (Å²) < 4.78 is 0. The molecule has 2 N–H and O–H groups in total. The second-order valence-electron chi connectivity index (χ2n) is 9.66. The van der Waals surface area contributed by atoms with Crippen LogP contribution in [-0.4, -0.2) is 15.2 Å². The van der Waals surface area contributed by atoms with Crippen LogP contribution in [0.1, 0.15) is 31.9 Å². The van der Waals surface area contributed by atoms with E-state index in [0.717, 1.165) is 43.9 Å². The number of fused-ring (bicyclic) bond motifs is 2. The molecular formula is C30H26ClNO2. The minimum absolute atomic E-state index is 0.0173. The molecule has 5 aromatic rings. The van der Waals surface area contributed by atoms with Crippen molar-refractivity contribution in [2.75, 3.05) is 0 Å². The Balaban J connectivity index is 1.89. The number of rotatable bonds is 3. The maximum atomic E-state index is 10.9. The van der Waals surface area contributed by atoms with Crippen molar-refractivity contribution in [3.8, 4) is 28.3 Å². The number of halogens is 1. The van der Waals surface area contributed by atoms with Crippen LogP contribution in [0.3, 0.4) is 0 Å². The molecule has 170 valence electrons. The highest BCUT2D eigenvalue weighted by Gasteiger charge is 2.21. The van der Waals surface area contributed by atoms with Crippen molar-refractivity contribution in [2.24, 2.45) is 0 Å². The maximum Gasteiger partial charge on any atom is 0.143 e. The van der Waals surface area contributed by atoms with Gasteiger partial charge in [-0.2, -0.15) is 0 Å². The van der Waals surface area contributed by atoms with E-state index in [1.807, 2.05) is 66.7 Å². The predicted octanol–water partition coefficient (Wildman–Crippen LogP) is 7.87. The number of aliphatic hydroxyl groups excluding tert-OH is 1. The molecule has 0 aliphatic carbocycles. The molecule has 0 saturated carbocycles. The van der Waals surface area contributed by atoms with Gasteiger partial charge in [-0.15, -0.1) is 0 Å². The summed E-state index contributed by atoms with van der Waals surface area (Å²) in [6, 6.07) is 25.9. The summed E-state index contributed by atoms with van der Waals surface area (Å²) in [6.45, 7) is 6.24. The van der Waals surface area contributed by atoms with Crippen LogP contribution < -0.4 is 0 Å². The second-order valence-corrected chi connectivity index (χ2v) is 10.1. The van der Waals surface area contributed by atoms with Crippen LogP contribution in [0.2, 0.25) is 5.02 Å². The van der Waals surface area contributed by atoms with Gasteiger partial charge in [-0.05, 0) is 50.9 Å². The fraction of sp³-hybridized carbons (Fsp3) is 0.167. The second kappa shape index (κ2) is 8.43. The lowest BCUT2D eigenvalue weighted by Crippen LogP contribution is -2.11. The summed E-state index contributed by atoms with van der Waals surface area (Å²) in [5.41, 5.74) is 4.57. The summed E-state index contributed by atoms with van der Waals surface area (Å²) >= 11 is 6.46. The Morgan fingerprint density at radius 1 is 0.824 bits per heavy atom. The molecule has 1 aromatic heterocycles. The van der Waals surface area contributed by atoms with Crippen molar-refractivity contribution >= 4 is 33.1 Å². The summed E-state index contributed by atoms with van der Waals surface area (Å²) in [7, 11) is 0. The molecule has 0 atom stereocenters. The minimum Gasteiger partial charge on any atom is -0.506 e. The number of benzene rings is 4. The van der Waals surface area contributed by atoms with Gasteiger partial charge in [0.05, 0.1) is 23.0 Å². The number of pyridine rings is 1. The van der Waals surface area contributed by atoms with Crippen molar-refractivity contribution in [3.63, 3.8) is 0 Å². The first-order chi connectivity index (χ1) is 16.3. The van der Waals surface area contributed by atoms with E-state index >= 15 is 0 Å². The first kappa shape index (κ1) is 22.4. The largest absolute Gasteiger partial charge is 0.506 e. The minimum atomic E-state index is -0.147. The van der Waals surface area contributed by atoms with Gasteiger partial charge in [0.25, 0.3) is 0 Å². The average Bonchev–Trinajstić information content (AvgIpc) is 2.83. The summed E-state index contributed by atoms with van der Waals surface area (Å²) in [6.07, 6.45) is 0. The monoisotopic (exact) mass is 467 g/mol. The maximum absolute atomic E-state index is 10.9. The SMILES string of the molecule is CC(C)(C)c1cc(Cl)c(O)c(-c2cc3ccccc3c(-c3c(CO)ccc4ccccc34)n2)c1. The topological polar surface area (TPSA) is 53.4 Å². The molecule has 0 amide bonds. The molecule has 3 nitrogen and oxygen atoms in total. The van der Waals surface area contributed by atoms with Crippen LogP contribution in [0.25, 0.3) is 44.1 Å². The highest BCUT2D eigenvalue weighted by Crippen LogP contribution is 2.42. The number of phenolic OH excluding ortho intramolecular Hbond substituents is 1. The molecule has 0 spiro atoms. The van der Waals surface area contributed by atoms with Crippen LogP contribution in [0, 0.1) is 0 Å². The number of hydrogen-bond donors (Lipinski definition) is 2. The molecule has 0 bridgehead atoms. The summed E-state index contributed by atoms with van der Waals surface area (Å²) in [4.78, 5) is 5.10. The third kappa shape index (κ3) is 3.81. The third-order valence-electron chi connectivity index (χ3n) is 6.37. The average molecular weight is 468 g/mol. The predicted molar refractivity (Wildman–Crippen MR) is 141 cm³/mol. The molecule has 0 saturated heterocycles. The molecule has 0 aliphatic rings. The first-order valence-corrected chi connectivity index (χ1v) is 11.7. The van der Waals surface area contributed by atoms with E-state index in [2.05, 4.69) is 32.9 Å². The van der Waals surface area contributed by atoms with Crippen LogP contribution >= 0.6 is 11.6 Å². The Labute approximate surface area is 204 Å². The third-order valence-corrected chi connectivity index (χ3v) is 6.66. The Hall–Kier alpha value is -3.40. The molecule has 5 rings (SSSR count). The summed E-state index contributed by atoms with van der Waals surface area (Å²) in [5, 5.41) is 25.5. The zero-order chi connectivity index (χ0) is 24.0. The number of aliphatic hydroxyl groups is 1. The van der Waals surface area contributed by atoms with Crippen LogP contribution in [0.15, 0.2) is 78.9 Å². The van der Waals surface area contributed by atoms with E-state index in [-0.39, 0.29) is 17.8 Å². The zero-order valence-electron chi connectivity index (χ0n) is 19.4. The van der Waals surface area contributed by atoms with E-state index in [4.69, 9.17) is 16.6 Å². The first-order valence-electron chi connectivity index (χ1n) is 11.3. The summed E-state index contributed by atoms with van der Waals surface area (Å²) in [5.74, 6) is 0.0173. The van der Waals surface area contributed by atoms with Gasteiger partial charge in [0.15, 0.2) is 0 Å². The van der Waals surface area contributed by atoms with Crippen LogP contribution in [0.5, 0.6) is 5.75 Å². The van der Waals surface area contributed by atoms with E-state index < -0.39 is 0 Å². The fourth-order valence-electron chi connectivity index (χ4n) is 4.48. The highest BCUT2D eigenvalue weighted by molar-refractivity contribution is 6.32. The molecule has 4 heteroatoms. The Kier molecular flexibility index (Phi) is 5.55. The number of nitrogens with zero attached hydrogens (tertiary/aromatic N) is 1. The Bertz CT molecular complexity index is 1550. The fourth-order valence-corrected chi connectivity index (χ4v) is 4.70. The molecule has 4 aromatic carbocycles. The van der Waals surface area contributed by atoms with Gasteiger partial charge in [0.2, 0.25) is 0 Å². The number of aromatic nitrogens is 1. The lowest BCUT2D eigenvalue weighted by Gasteiger charge is -2.21. The molecule has 34 heavy (non-hydrogen) atoms. The highest BCUT2D eigenvalue weighted by atomic mass is 35.5. The number of hydrogen-bond acceptors (Lipinski definition) is 3. The normalized spacial score (nSPS) is 11.9. The van der Waals surface area contributed by atoms with Gasteiger partial charge >= 0.3 is 0 Å².